The van der Waals surface area contributed by atoms with Gasteiger partial charge in [-0.3, -0.25) is 9.69 Å². The molecule has 21 heavy (non-hydrogen) atoms. The number of rotatable bonds is 7. The summed E-state index contributed by atoms with van der Waals surface area (Å²) in [5.74, 6) is 0.881. The minimum absolute atomic E-state index is 0.0121. The number of nitrogens with one attached hydrogen (secondary N) is 2. The van der Waals surface area contributed by atoms with E-state index in [9.17, 15) is 4.79 Å². The molecular formula is C16H31N3O2. The zero-order valence-electron chi connectivity index (χ0n) is 13.6. The van der Waals surface area contributed by atoms with Crippen LogP contribution in [0.2, 0.25) is 0 Å². The van der Waals surface area contributed by atoms with E-state index in [0.29, 0.717) is 25.1 Å². The highest BCUT2D eigenvalue weighted by atomic mass is 16.5. The number of piperidine rings is 1. The maximum Gasteiger partial charge on any atom is 0.237 e. The minimum Gasteiger partial charge on any atom is -0.385 e. The molecule has 0 aromatic heterocycles. The van der Waals surface area contributed by atoms with Gasteiger partial charge in [0.05, 0.1) is 6.04 Å². The average Bonchev–Trinajstić information content (AvgIpc) is 3.01. The summed E-state index contributed by atoms with van der Waals surface area (Å²) in [7, 11) is 1.69. The Bertz CT molecular complexity index is 319. The van der Waals surface area contributed by atoms with Gasteiger partial charge in [0, 0.05) is 26.3 Å². The number of ether oxygens (including phenoxy) is 1. The molecule has 0 aliphatic carbocycles. The van der Waals surface area contributed by atoms with Gasteiger partial charge < -0.3 is 15.4 Å². The van der Waals surface area contributed by atoms with Crippen LogP contribution in [0.25, 0.3) is 0 Å². The number of likely N-dealkylation sites (tertiary alicyclic amines) is 1. The molecule has 0 bridgehead atoms. The third-order valence-electron chi connectivity index (χ3n) is 4.92. The molecule has 0 aromatic carbocycles. The lowest BCUT2D eigenvalue weighted by atomic mass is 9.89. The van der Waals surface area contributed by atoms with Crippen LogP contribution in [0.1, 0.15) is 39.0 Å². The highest BCUT2D eigenvalue weighted by molar-refractivity contribution is 5.81. The van der Waals surface area contributed by atoms with Crippen molar-refractivity contribution in [2.75, 3.05) is 39.9 Å². The van der Waals surface area contributed by atoms with Crippen molar-refractivity contribution in [2.45, 2.75) is 51.1 Å². The molecule has 2 N–H and O–H groups in total. The molecular weight excluding hydrogens is 266 g/mol. The van der Waals surface area contributed by atoms with Gasteiger partial charge in [-0.25, -0.2) is 0 Å². The van der Waals surface area contributed by atoms with E-state index in [1.807, 2.05) is 0 Å². The Labute approximate surface area is 128 Å². The van der Waals surface area contributed by atoms with Gasteiger partial charge in [0.15, 0.2) is 0 Å². The number of nitrogens with zero attached hydrogens (tertiary/aromatic N) is 1. The molecule has 1 amide bonds. The Kier molecular flexibility index (Phi) is 6.93. The molecule has 122 valence electrons. The lowest BCUT2D eigenvalue weighted by molar-refractivity contribution is -0.126. The Balaban J connectivity index is 1.81. The molecule has 2 rings (SSSR count). The molecule has 0 spiro atoms. The van der Waals surface area contributed by atoms with Crippen molar-refractivity contribution in [3.05, 3.63) is 0 Å². The van der Waals surface area contributed by atoms with E-state index in [1.54, 1.807) is 7.11 Å². The summed E-state index contributed by atoms with van der Waals surface area (Å²) in [5.41, 5.74) is 0. The van der Waals surface area contributed by atoms with Crippen LogP contribution in [0.3, 0.4) is 0 Å². The Morgan fingerprint density at radius 3 is 3.00 bits per heavy atom. The standard InChI is InChI=1S/C16H31N3O2/c1-13(16(20)18-9-5-11-21-2)19-10-4-7-15(19)14-6-3-8-17-12-14/h13-15,17H,3-12H2,1-2H3,(H,18,20). The Morgan fingerprint density at radius 2 is 2.29 bits per heavy atom. The first-order chi connectivity index (χ1) is 10.2. The Hall–Kier alpha value is -0.650. The van der Waals surface area contributed by atoms with Gasteiger partial charge in [-0.15, -0.1) is 0 Å². The van der Waals surface area contributed by atoms with Crippen LogP contribution >= 0.6 is 0 Å². The second-order valence-electron chi connectivity index (χ2n) is 6.37. The quantitative estimate of drug-likeness (QED) is 0.688. The summed E-state index contributed by atoms with van der Waals surface area (Å²) in [6.07, 6.45) is 5.92. The summed E-state index contributed by atoms with van der Waals surface area (Å²) in [6.45, 7) is 6.80. The summed E-state index contributed by atoms with van der Waals surface area (Å²) >= 11 is 0. The first-order valence-corrected chi connectivity index (χ1v) is 8.47. The van der Waals surface area contributed by atoms with Crippen molar-refractivity contribution in [1.82, 2.24) is 15.5 Å². The van der Waals surface area contributed by atoms with Gasteiger partial charge in [0.1, 0.15) is 0 Å². The van der Waals surface area contributed by atoms with Crippen molar-refractivity contribution in [3.8, 4) is 0 Å². The topological polar surface area (TPSA) is 53.6 Å². The molecule has 3 unspecified atom stereocenters. The van der Waals surface area contributed by atoms with E-state index in [0.717, 1.165) is 26.1 Å². The van der Waals surface area contributed by atoms with Crippen molar-refractivity contribution < 1.29 is 9.53 Å². The molecule has 2 heterocycles. The van der Waals surface area contributed by atoms with Crippen molar-refractivity contribution in [2.24, 2.45) is 5.92 Å². The summed E-state index contributed by atoms with van der Waals surface area (Å²) in [5, 5.41) is 6.55. The Morgan fingerprint density at radius 1 is 1.43 bits per heavy atom. The maximum atomic E-state index is 12.3. The summed E-state index contributed by atoms with van der Waals surface area (Å²) in [6, 6.07) is 0.569. The predicted octanol–water partition coefficient (Wildman–Crippen LogP) is 0.992. The monoisotopic (exact) mass is 297 g/mol. The van der Waals surface area contributed by atoms with E-state index >= 15 is 0 Å². The SMILES string of the molecule is COCCCNC(=O)C(C)N1CCCC1C1CCCNC1. The third kappa shape index (κ3) is 4.66. The lowest BCUT2D eigenvalue weighted by Gasteiger charge is -2.37. The van der Waals surface area contributed by atoms with Crippen molar-refractivity contribution in [1.29, 1.82) is 0 Å². The van der Waals surface area contributed by atoms with E-state index in [-0.39, 0.29) is 11.9 Å². The van der Waals surface area contributed by atoms with E-state index in [4.69, 9.17) is 4.74 Å². The van der Waals surface area contributed by atoms with Gasteiger partial charge >= 0.3 is 0 Å². The van der Waals surface area contributed by atoms with Crippen LogP contribution in [0.15, 0.2) is 0 Å². The molecule has 0 aromatic rings. The van der Waals surface area contributed by atoms with Gasteiger partial charge in [0.2, 0.25) is 5.91 Å². The highest BCUT2D eigenvalue weighted by Gasteiger charge is 2.36. The molecule has 2 fully saturated rings. The van der Waals surface area contributed by atoms with Gasteiger partial charge in [-0.2, -0.15) is 0 Å². The molecule has 5 nitrogen and oxygen atoms in total. The normalized spacial score (nSPS) is 28.5. The number of amides is 1. The predicted molar refractivity (Wildman–Crippen MR) is 84.3 cm³/mol. The van der Waals surface area contributed by atoms with Crippen LogP contribution in [-0.4, -0.2) is 62.8 Å². The number of carbonyl (C=O) groups is 1. The first-order valence-electron chi connectivity index (χ1n) is 8.47. The fourth-order valence-corrected chi connectivity index (χ4v) is 3.74. The van der Waals surface area contributed by atoms with Crippen LogP contribution in [0.5, 0.6) is 0 Å². The van der Waals surface area contributed by atoms with Crippen LogP contribution in [0, 0.1) is 5.92 Å². The highest BCUT2D eigenvalue weighted by Crippen LogP contribution is 2.29. The fourth-order valence-electron chi connectivity index (χ4n) is 3.74. The van der Waals surface area contributed by atoms with E-state index < -0.39 is 0 Å². The molecule has 5 heteroatoms. The maximum absolute atomic E-state index is 12.3. The molecule has 0 saturated carbocycles. The van der Waals surface area contributed by atoms with Gasteiger partial charge in [0.25, 0.3) is 0 Å². The number of hydrogen-bond donors (Lipinski definition) is 2. The van der Waals surface area contributed by atoms with Crippen LogP contribution < -0.4 is 10.6 Å². The third-order valence-corrected chi connectivity index (χ3v) is 4.92. The smallest absolute Gasteiger partial charge is 0.237 e. The zero-order valence-corrected chi connectivity index (χ0v) is 13.6. The first kappa shape index (κ1) is 16.7. The minimum atomic E-state index is -0.0121. The molecule has 3 atom stereocenters. The van der Waals surface area contributed by atoms with Crippen molar-refractivity contribution in [3.63, 3.8) is 0 Å². The number of methoxy groups -OCH3 is 1. The zero-order chi connectivity index (χ0) is 15.1. The molecule has 0 radical (unpaired) electrons. The molecule has 2 aliphatic heterocycles. The second-order valence-corrected chi connectivity index (χ2v) is 6.37. The van der Waals surface area contributed by atoms with Crippen molar-refractivity contribution >= 4 is 5.91 Å². The molecule has 2 aliphatic rings. The largest absolute Gasteiger partial charge is 0.385 e. The van der Waals surface area contributed by atoms with E-state index in [2.05, 4.69) is 22.5 Å². The summed E-state index contributed by atoms with van der Waals surface area (Å²) in [4.78, 5) is 14.7. The number of carbonyl (C=O) groups excluding carboxylic acids is 1. The van der Waals surface area contributed by atoms with Crippen LogP contribution in [-0.2, 0) is 9.53 Å². The lowest BCUT2D eigenvalue weighted by Crippen LogP contribution is -2.51. The number of hydrogen-bond acceptors (Lipinski definition) is 4. The summed E-state index contributed by atoms with van der Waals surface area (Å²) < 4.78 is 5.01. The molecule has 2 saturated heterocycles. The van der Waals surface area contributed by atoms with Gasteiger partial charge in [-0.1, -0.05) is 0 Å². The van der Waals surface area contributed by atoms with Gasteiger partial charge in [-0.05, 0) is 64.6 Å². The average molecular weight is 297 g/mol. The second kappa shape index (κ2) is 8.71. The van der Waals surface area contributed by atoms with Crippen LogP contribution in [0.4, 0.5) is 0 Å². The van der Waals surface area contributed by atoms with E-state index in [1.165, 1.54) is 25.7 Å². The fraction of sp³-hybridized carbons (Fsp3) is 0.938.